The fraction of sp³-hybridized carbons (Fsp3) is 0.435. The van der Waals surface area contributed by atoms with Gasteiger partial charge < -0.3 is 14.5 Å². The Morgan fingerprint density at radius 1 is 1.17 bits per heavy atom. The van der Waals surface area contributed by atoms with E-state index < -0.39 is 0 Å². The van der Waals surface area contributed by atoms with Gasteiger partial charge in [0, 0.05) is 42.8 Å². The Labute approximate surface area is 177 Å². The summed E-state index contributed by atoms with van der Waals surface area (Å²) < 4.78 is 5.83. The average Bonchev–Trinajstić information content (AvgIpc) is 2.77. The topological polar surface area (TPSA) is 66.0 Å². The fourth-order valence-corrected chi connectivity index (χ4v) is 3.94. The van der Waals surface area contributed by atoms with E-state index >= 15 is 0 Å². The van der Waals surface area contributed by atoms with E-state index in [1.165, 1.54) is 6.42 Å². The maximum Gasteiger partial charge on any atom is 0.255 e. The van der Waals surface area contributed by atoms with Crippen LogP contribution in [-0.2, 0) is 4.79 Å². The summed E-state index contributed by atoms with van der Waals surface area (Å²) in [7, 11) is 0. The highest BCUT2D eigenvalue weighted by Gasteiger charge is 2.27. The van der Waals surface area contributed by atoms with Crippen molar-refractivity contribution in [1.29, 1.82) is 0 Å². The van der Waals surface area contributed by atoms with Crippen LogP contribution in [-0.4, -0.2) is 52.8 Å². The molecule has 2 amide bonds. The van der Waals surface area contributed by atoms with Gasteiger partial charge in [0.25, 0.3) is 5.91 Å². The second-order valence-corrected chi connectivity index (χ2v) is 8.14. The molecule has 1 fully saturated rings. The minimum absolute atomic E-state index is 0.00733. The molecule has 0 unspecified atom stereocenters. The summed E-state index contributed by atoms with van der Waals surface area (Å²) in [6, 6.07) is 1.79. The summed E-state index contributed by atoms with van der Waals surface area (Å²) in [5, 5.41) is 0. The Morgan fingerprint density at radius 3 is 2.63 bits per heavy atom. The van der Waals surface area contributed by atoms with Crippen LogP contribution in [0.3, 0.4) is 0 Å². The van der Waals surface area contributed by atoms with Gasteiger partial charge in [0.15, 0.2) is 11.6 Å². The predicted octanol–water partition coefficient (Wildman–Crippen LogP) is 3.32. The molecule has 1 aromatic heterocycles. The second-order valence-electron chi connectivity index (χ2n) is 8.14. The van der Waals surface area contributed by atoms with Gasteiger partial charge in [-0.15, -0.1) is 0 Å². The van der Waals surface area contributed by atoms with Crippen molar-refractivity contribution in [3.05, 3.63) is 54.2 Å². The molecule has 3 aliphatic rings. The molecule has 7 nitrogen and oxygen atoms in total. The quantitative estimate of drug-likeness (QED) is 0.768. The molecule has 7 heteroatoms. The van der Waals surface area contributed by atoms with Crippen LogP contribution in [0.1, 0.15) is 43.5 Å². The number of hydrogen-bond donors (Lipinski definition) is 0. The van der Waals surface area contributed by atoms with Gasteiger partial charge in [-0.2, -0.15) is 0 Å². The van der Waals surface area contributed by atoms with Gasteiger partial charge >= 0.3 is 0 Å². The van der Waals surface area contributed by atoms with Crippen molar-refractivity contribution in [1.82, 2.24) is 14.8 Å². The third-order valence-corrected chi connectivity index (χ3v) is 5.61. The Balaban J connectivity index is 1.55. The number of allylic oxidation sites excluding steroid dienone is 2. The molecule has 0 radical (unpaired) electrons. The number of amides is 2. The monoisotopic (exact) mass is 408 g/mol. The van der Waals surface area contributed by atoms with E-state index in [0.717, 1.165) is 31.6 Å². The molecule has 0 aliphatic carbocycles. The molecule has 0 bridgehead atoms. The van der Waals surface area contributed by atoms with Gasteiger partial charge in [-0.25, -0.2) is 4.98 Å². The van der Waals surface area contributed by atoms with Gasteiger partial charge in [-0.3, -0.25) is 14.5 Å². The molecular formula is C23H28N4O3. The number of carbonyl (C=O) groups excluding carboxylic acids is 2. The normalized spacial score (nSPS) is 18.8. The Morgan fingerprint density at radius 2 is 1.93 bits per heavy atom. The minimum atomic E-state index is -0.108. The number of ether oxygens (including phenoxy) is 1. The van der Waals surface area contributed by atoms with Crippen LogP contribution in [0.5, 0.6) is 5.75 Å². The predicted molar refractivity (Wildman–Crippen MR) is 115 cm³/mol. The van der Waals surface area contributed by atoms with E-state index in [-0.39, 0.29) is 17.7 Å². The lowest BCUT2D eigenvalue weighted by Crippen LogP contribution is -2.37. The first-order chi connectivity index (χ1) is 14.5. The number of aromatic nitrogens is 1. The molecule has 4 rings (SSSR count). The Hall–Kier alpha value is -3.09. The molecule has 1 saturated heterocycles. The SMILES string of the molecule is C=C1C=C(N2CCOc3cc(C(=O)N4CCCCC4)cnc32)C=CN1C(=O)C(C)C. The number of nitrogens with zero attached hydrogens (tertiary/aromatic N) is 4. The lowest BCUT2D eigenvalue weighted by atomic mass is 10.1. The minimum Gasteiger partial charge on any atom is -0.488 e. The first kappa shape index (κ1) is 20.2. The van der Waals surface area contributed by atoms with E-state index in [0.29, 0.717) is 36.0 Å². The molecule has 30 heavy (non-hydrogen) atoms. The van der Waals surface area contributed by atoms with Crippen LogP contribution in [0, 0.1) is 5.92 Å². The van der Waals surface area contributed by atoms with E-state index in [1.54, 1.807) is 23.4 Å². The maximum atomic E-state index is 12.8. The van der Waals surface area contributed by atoms with E-state index in [2.05, 4.69) is 11.6 Å². The third kappa shape index (κ3) is 3.84. The number of fused-ring (bicyclic) bond motifs is 1. The summed E-state index contributed by atoms with van der Waals surface area (Å²) in [6.07, 6.45) is 10.4. The summed E-state index contributed by atoms with van der Waals surface area (Å²) in [5.74, 6) is 1.18. The van der Waals surface area contributed by atoms with Crippen LogP contribution >= 0.6 is 0 Å². The average molecular weight is 409 g/mol. The van der Waals surface area contributed by atoms with E-state index in [9.17, 15) is 9.59 Å². The van der Waals surface area contributed by atoms with E-state index in [4.69, 9.17) is 4.74 Å². The molecule has 0 saturated carbocycles. The molecule has 0 spiro atoms. The number of piperidine rings is 1. The fourth-order valence-electron chi connectivity index (χ4n) is 3.94. The Kier molecular flexibility index (Phi) is 5.61. The molecule has 3 aliphatic heterocycles. The maximum absolute atomic E-state index is 12.8. The first-order valence-electron chi connectivity index (χ1n) is 10.6. The highest BCUT2D eigenvalue weighted by molar-refractivity contribution is 5.95. The largest absolute Gasteiger partial charge is 0.488 e. The van der Waals surface area contributed by atoms with Crippen LogP contribution in [0.15, 0.2) is 48.6 Å². The van der Waals surface area contributed by atoms with Gasteiger partial charge in [-0.1, -0.05) is 20.4 Å². The summed E-state index contributed by atoms with van der Waals surface area (Å²) in [4.78, 5) is 35.2. The van der Waals surface area contributed by atoms with Gasteiger partial charge in [0.05, 0.1) is 12.1 Å². The first-order valence-corrected chi connectivity index (χ1v) is 10.6. The summed E-state index contributed by atoms with van der Waals surface area (Å²) in [6.45, 7) is 10.5. The lowest BCUT2D eigenvalue weighted by molar-refractivity contribution is -0.130. The zero-order valence-electron chi connectivity index (χ0n) is 17.6. The van der Waals surface area contributed by atoms with Crippen LogP contribution in [0.2, 0.25) is 0 Å². The molecule has 1 aromatic rings. The molecule has 0 atom stereocenters. The van der Waals surface area contributed by atoms with Crippen LogP contribution in [0.4, 0.5) is 5.82 Å². The highest BCUT2D eigenvalue weighted by Crippen LogP contribution is 2.34. The highest BCUT2D eigenvalue weighted by atomic mass is 16.5. The lowest BCUT2D eigenvalue weighted by Gasteiger charge is -2.34. The standard InChI is InChI=1S/C23H28N4O3/c1-16(2)22(28)26-10-7-19(13-17(26)3)27-11-12-30-20-14-18(15-24-21(20)27)23(29)25-8-5-4-6-9-25/h7,10,13-16H,3-6,8-9,11-12H2,1-2H3. The summed E-state index contributed by atoms with van der Waals surface area (Å²) in [5.41, 5.74) is 2.07. The molecule has 4 heterocycles. The molecule has 0 aromatic carbocycles. The van der Waals surface area contributed by atoms with Crippen molar-refractivity contribution in [2.75, 3.05) is 31.1 Å². The third-order valence-electron chi connectivity index (χ3n) is 5.61. The molecular weight excluding hydrogens is 380 g/mol. The van der Waals surface area contributed by atoms with Crippen LogP contribution in [0.25, 0.3) is 0 Å². The molecule has 0 N–H and O–H groups in total. The van der Waals surface area contributed by atoms with Crippen molar-refractivity contribution < 1.29 is 14.3 Å². The van der Waals surface area contributed by atoms with Crippen molar-refractivity contribution in [2.24, 2.45) is 5.92 Å². The van der Waals surface area contributed by atoms with Gasteiger partial charge in [0.2, 0.25) is 5.91 Å². The van der Waals surface area contributed by atoms with Crippen molar-refractivity contribution in [3.8, 4) is 5.75 Å². The van der Waals surface area contributed by atoms with Crippen molar-refractivity contribution >= 4 is 17.6 Å². The number of rotatable bonds is 3. The van der Waals surface area contributed by atoms with Crippen molar-refractivity contribution in [3.63, 3.8) is 0 Å². The number of pyridine rings is 1. The number of likely N-dealkylation sites (tertiary alicyclic amines) is 1. The zero-order chi connectivity index (χ0) is 21.3. The second kappa shape index (κ2) is 8.34. The summed E-state index contributed by atoms with van der Waals surface area (Å²) >= 11 is 0. The van der Waals surface area contributed by atoms with Gasteiger partial charge in [0.1, 0.15) is 6.61 Å². The van der Waals surface area contributed by atoms with E-state index in [1.807, 2.05) is 35.8 Å². The number of anilines is 1. The molecule has 158 valence electrons. The van der Waals surface area contributed by atoms with Crippen LogP contribution < -0.4 is 9.64 Å². The Bertz CT molecular complexity index is 928. The van der Waals surface area contributed by atoms with Crippen molar-refractivity contribution in [2.45, 2.75) is 33.1 Å². The smallest absolute Gasteiger partial charge is 0.255 e. The number of hydrogen-bond acceptors (Lipinski definition) is 5. The van der Waals surface area contributed by atoms with Gasteiger partial charge in [-0.05, 0) is 37.5 Å². The zero-order valence-corrected chi connectivity index (χ0v) is 17.6. The number of carbonyl (C=O) groups is 2.